The predicted octanol–water partition coefficient (Wildman–Crippen LogP) is 3.62. The third-order valence-electron chi connectivity index (χ3n) is 5.35. The van der Waals surface area contributed by atoms with Crippen LogP contribution in [0.15, 0.2) is 77.1 Å². The summed E-state index contributed by atoms with van der Waals surface area (Å²) in [4.78, 5) is 26.1. The number of carbonyl (C=O) groups excluding carboxylic acids is 2. The molecule has 0 aliphatic carbocycles. The lowest BCUT2D eigenvalue weighted by molar-refractivity contribution is -0.141. The lowest BCUT2D eigenvalue weighted by Gasteiger charge is -2.29. The van der Waals surface area contributed by atoms with Crippen molar-refractivity contribution in [3.8, 4) is 12.1 Å². The first-order valence-electron chi connectivity index (χ1n) is 11.1. The van der Waals surface area contributed by atoms with E-state index in [4.69, 9.17) is 14.2 Å². The molecule has 0 fully saturated rings. The molecule has 8 heteroatoms. The van der Waals surface area contributed by atoms with Gasteiger partial charge in [-0.15, -0.1) is 0 Å². The first kappa shape index (κ1) is 25.2. The van der Waals surface area contributed by atoms with E-state index < -0.39 is 17.9 Å². The van der Waals surface area contributed by atoms with Crippen LogP contribution in [0.1, 0.15) is 36.5 Å². The highest BCUT2D eigenvalue weighted by Gasteiger charge is 2.40. The van der Waals surface area contributed by atoms with E-state index in [2.05, 4.69) is 11.4 Å². The van der Waals surface area contributed by atoms with Gasteiger partial charge in [0.25, 0.3) is 0 Å². The Balaban J connectivity index is 1.87. The molecule has 1 aliphatic heterocycles. The number of hydrogen-bond donors (Lipinski definition) is 1. The Bertz CT molecular complexity index is 1240. The number of nitrogens with zero attached hydrogens (tertiary/aromatic N) is 2. The Hall–Kier alpha value is -4.40. The molecule has 1 aliphatic rings. The van der Waals surface area contributed by atoms with E-state index >= 15 is 0 Å². The molecule has 0 saturated heterocycles. The Morgan fingerprint density at radius 2 is 1.60 bits per heavy atom. The summed E-state index contributed by atoms with van der Waals surface area (Å²) in [5, 5.41) is 22.2. The van der Waals surface area contributed by atoms with Crippen LogP contribution in [0.3, 0.4) is 0 Å². The van der Waals surface area contributed by atoms with Gasteiger partial charge >= 0.3 is 11.9 Å². The molecule has 3 rings (SSSR count). The van der Waals surface area contributed by atoms with Gasteiger partial charge in [0, 0.05) is 5.70 Å². The van der Waals surface area contributed by atoms with E-state index in [9.17, 15) is 20.1 Å². The van der Waals surface area contributed by atoms with Crippen LogP contribution in [-0.4, -0.2) is 31.8 Å². The average molecular weight is 472 g/mol. The monoisotopic (exact) mass is 471 g/mol. The second-order valence-electron chi connectivity index (χ2n) is 7.59. The van der Waals surface area contributed by atoms with Gasteiger partial charge in [-0.25, -0.2) is 9.59 Å². The molecule has 0 aromatic heterocycles. The van der Waals surface area contributed by atoms with Gasteiger partial charge in [-0.05, 0) is 31.0 Å². The van der Waals surface area contributed by atoms with Gasteiger partial charge in [0.15, 0.2) is 0 Å². The van der Waals surface area contributed by atoms with Crippen molar-refractivity contribution < 1.29 is 23.8 Å². The van der Waals surface area contributed by atoms with E-state index in [1.54, 1.807) is 38.1 Å². The maximum atomic E-state index is 13.2. The van der Waals surface area contributed by atoms with Crippen LogP contribution in [0.2, 0.25) is 0 Å². The van der Waals surface area contributed by atoms with Crippen molar-refractivity contribution in [3.05, 3.63) is 93.8 Å². The summed E-state index contributed by atoms with van der Waals surface area (Å²) in [5.41, 5.74) is 2.05. The summed E-state index contributed by atoms with van der Waals surface area (Å²) in [6, 6.07) is 20.3. The molecule has 0 amide bonds. The topological polar surface area (TPSA) is 121 Å². The van der Waals surface area contributed by atoms with Crippen molar-refractivity contribution in [2.24, 2.45) is 0 Å². The Labute approximate surface area is 204 Å². The number of esters is 2. The highest BCUT2D eigenvalue weighted by Crippen LogP contribution is 2.40. The molecular formula is C27H25N3O5. The van der Waals surface area contributed by atoms with Crippen molar-refractivity contribution >= 4 is 11.9 Å². The summed E-state index contributed by atoms with van der Waals surface area (Å²) in [7, 11) is 0. The number of nitrogens with one attached hydrogen (secondary N) is 1. The van der Waals surface area contributed by atoms with Gasteiger partial charge in [0.05, 0.1) is 48.5 Å². The number of dihydropyridines is 1. The van der Waals surface area contributed by atoms with E-state index in [1.807, 2.05) is 36.4 Å². The van der Waals surface area contributed by atoms with Crippen LogP contribution in [0.4, 0.5) is 0 Å². The number of rotatable bonds is 9. The van der Waals surface area contributed by atoms with Crippen LogP contribution in [0, 0.1) is 22.7 Å². The van der Waals surface area contributed by atoms with Crippen molar-refractivity contribution in [1.82, 2.24) is 5.32 Å². The minimum Gasteiger partial charge on any atom is -0.463 e. The fourth-order valence-corrected chi connectivity index (χ4v) is 3.81. The lowest BCUT2D eigenvalue weighted by Crippen LogP contribution is -2.33. The van der Waals surface area contributed by atoms with Gasteiger partial charge in [-0.2, -0.15) is 10.5 Å². The first-order valence-corrected chi connectivity index (χ1v) is 11.1. The minimum absolute atomic E-state index is 0.0153. The number of ether oxygens (including phenoxy) is 3. The highest BCUT2D eigenvalue weighted by atomic mass is 16.6. The summed E-state index contributed by atoms with van der Waals surface area (Å²) in [6.07, 6.45) is 0. The summed E-state index contributed by atoms with van der Waals surface area (Å²) in [6.45, 7) is 3.87. The molecule has 0 saturated carbocycles. The van der Waals surface area contributed by atoms with Crippen LogP contribution in [-0.2, 0) is 30.4 Å². The zero-order valence-electron chi connectivity index (χ0n) is 19.5. The Morgan fingerprint density at radius 1 is 0.914 bits per heavy atom. The zero-order chi connectivity index (χ0) is 25.2. The third kappa shape index (κ3) is 5.94. The van der Waals surface area contributed by atoms with Crippen LogP contribution in [0.5, 0.6) is 0 Å². The van der Waals surface area contributed by atoms with Gasteiger partial charge in [0.1, 0.15) is 18.4 Å². The molecule has 35 heavy (non-hydrogen) atoms. The average Bonchev–Trinajstić information content (AvgIpc) is 2.88. The zero-order valence-corrected chi connectivity index (χ0v) is 19.5. The molecule has 0 spiro atoms. The molecule has 0 bridgehead atoms. The van der Waals surface area contributed by atoms with E-state index in [-0.39, 0.29) is 42.2 Å². The molecule has 1 unspecified atom stereocenters. The summed E-state index contributed by atoms with van der Waals surface area (Å²) < 4.78 is 16.2. The van der Waals surface area contributed by atoms with Crippen LogP contribution in [0.25, 0.3) is 0 Å². The maximum Gasteiger partial charge on any atom is 0.337 e. The minimum atomic E-state index is -1.02. The Kier molecular flexibility index (Phi) is 8.77. The van der Waals surface area contributed by atoms with Crippen LogP contribution < -0.4 is 5.32 Å². The Morgan fingerprint density at radius 3 is 2.29 bits per heavy atom. The second-order valence-corrected chi connectivity index (χ2v) is 7.59. The first-order chi connectivity index (χ1) is 17.0. The number of hydrogen-bond acceptors (Lipinski definition) is 8. The normalized spacial score (nSPS) is 15.0. The maximum absolute atomic E-state index is 13.2. The number of allylic oxidation sites excluding steroid dienone is 2. The van der Waals surface area contributed by atoms with Crippen molar-refractivity contribution in [3.63, 3.8) is 0 Å². The highest BCUT2D eigenvalue weighted by molar-refractivity contribution is 6.00. The summed E-state index contributed by atoms with van der Waals surface area (Å²) in [5.74, 6) is -2.45. The molecule has 1 N–H and O–H groups in total. The quantitative estimate of drug-likeness (QED) is 0.435. The van der Waals surface area contributed by atoms with Gasteiger partial charge < -0.3 is 19.5 Å². The van der Waals surface area contributed by atoms with Crippen LogP contribution >= 0.6 is 0 Å². The molecule has 1 heterocycles. The molecule has 8 nitrogen and oxygen atoms in total. The molecule has 1 atom stereocenters. The molecule has 0 radical (unpaired) electrons. The number of nitriles is 2. The van der Waals surface area contributed by atoms with Crippen molar-refractivity contribution in [2.75, 3.05) is 19.8 Å². The van der Waals surface area contributed by atoms with E-state index in [0.717, 1.165) is 5.56 Å². The van der Waals surface area contributed by atoms with Gasteiger partial charge in [-0.3, -0.25) is 0 Å². The number of benzene rings is 2. The largest absolute Gasteiger partial charge is 0.463 e. The molecule has 2 aromatic rings. The van der Waals surface area contributed by atoms with E-state index in [1.165, 1.54) is 0 Å². The SMILES string of the molecule is CCOC(=O)C1=C(C#N)NC(C)=C(C(=O)OCCOCc2ccccc2)C1c1ccccc1C#N. The standard InChI is InChI=1S/C27H25N3O5/c1-3-34-27(32)25-22(16-29)30-18(2)23(24(25)21-12-8-7-11-20(21)15-28)26(31)35-14-13-33-17-19-9-5-4-6-10-19/h4-12,24,30H,3,13-14,17H2,1-2H3. The fraction of sp³-hybridized carbons (Fsp3) is 0.259. The molecule has 178 valence electrons. The predicted molar refractivity (Wildman–Crippen MR) is 126 cm³/mol. The third-order valence-corrected chi connectivity index (χ3v) is 5.35. The molecular weight excluding hydrogens is 446 g/mol. The second kappa shape index (κ2) is 12.2. The number of carbonyl (C=O) groups is 2. The fourth-order valence-electron chi connectivity index (χ4n) is 3.81. The van der Waals surface area contributed by atoms with Crippen molar-refractivity contribution in [2.45, 2.75) is 26.4 Å². The van der Waals surface area contributed by atoms with E-state index in [0.29, 0.717) is 17.9 Å². The molecule has 2 aromatic carbocycles. The van der Waals surface area contributed by atoms with Crippen molar-refractivity contribution in [1.29, 1.82) is 10.5 Å². The lowest BCUT2D eigenvalue weighted by atomic mass is 9.78. The smallest absolute Gasteiger partial charge is 0.337 e. The summed E-state index contributed by atoms with van der Waals surface area (Å²) >= 11 is 0. The van der Waals surface area contributed by atoms with Gasteiger partial charge in [0.2, 0.25) is 0 Å². The van der Waals surface area contributed by atoms with Gasteiger partial charge in [-0.1, -0.05) is 48.5 Å².